The number of benzene rings is 2. The van der Waals surface area contributed by atoms with Gasteiger partial charge in [-0.3, -0.25) is 4.79 Å². The van der Waals surface area contributed by atoms with E-state index in [4.69, 9.17) is 0 Å². The predicted molar refractivity (Wildman–Crippen MR) is 120 cm³/mol. The molecule has 192 valence electrons. The van der Waals surface area contributed by atoms with Crippen LogP contribution in [0.1, 0.15) is 25.3 Å². The summed E-state index contributed by atoms with van der Waals surface area (Å²) in [5.41, 5.74) is -0.817. The molecular formula is C23H25F6N3O2S. The quantitative estimate of drug-likeness (QED) is 0.168. The van der Waals surface area contributed by atoms with Crippen LogP contribution in [0.3, 0.4) is 0 Å². The fourth-order valence-corrected chi connectivity index (χ4v) is 3.98. The van der Waals surface area contributed by atoms with Crippen molar-refractivity contribution in [2.45, 2.75) is 43.8 Å². The van der Waals surface area contributed by atoms with E-state index in [0.29, 0.717) is 25.8 Å². The first-order chi connectivity index (χ1) is 16.5. The zero-order chi connectivity index (χ0) is 25.8. The minimum atomic E-state index is -3.36. The lowest BCUT2D eigenvalue weighted by Gasteiger charge is -2.33. The Kier molecular flexibility index (Phi) is 8.73. The SMILES string of the molecule is CC(O)(C(=O)N(CCc1cccc(-c2cc(F)cc(F)c2)c1F)CC1(NNSCF)CC1)C(F)F. The van der Waals surface area contributed by atoms with Gasteiger partial charge in [-0.05, 0) is 61.4 Å². The van der Waals surface area contributed by atoms with Gasteiger partial charge in [0.15, 0.2) is 6.01 Å². The lowest BCUT2D eigenvalue weighted by molar-refractivity contribution is -0.166. The number of rotatable bonds is 12. The van der Waals surface area contributed by atoms with Crippen LogP contribution in [0.15, 0.2) is 36.4 Å². The first-order valence-electron chi connectivity index (χ1n) is 10.7. The van der Waals surface area contributed by atoms with Gasteiger partial charge in [-0.2, -0.15) is 4.83 Å². The van der Waals surface area contributed by atoms with Crippen LogP contribution in [0, 0.1) is 17.5 Å². The average Bonchev–Trinajstić information content (AvgIpc) is 3.55. The molecule has 0 bridgehead atoms. The summed E-state index contributed by atoms with van der Waals surface area (Å²) in [6.45, 7) is 0.390. The molecule has 0 aromatic heterocycles. The van der Waals surface area contributed by atoms with Gasteiger partial charge in [0.05, 0.1) is 5.54 Å². The number of halogens is 6. The number of hydrogen-bond donors (Lipinski definition) is 3. The van der Waals surface area contributed by atoms with E-state index in [2.05, 4.69) is 10.3 Å². The van der Waals surface area contributed by atoms with E-state index < -0.39 is 46.9 Å². The van der Waals surface area contributed by atoms with Crippen molar-refractivity contribution in [3.8, 4) is 11.1 Å². The number of hydrazine groups is 1. The van der Waals surface area contributed by atoms with Gasteiger partial charge < -0.3 is 10.0 Å². The second kappa shape index (κ2) is 11.2. The molecule has 1 atom stereocenters. The summed E-state index contributed by atoms with van der Waals surface area (Å²) < 4.78 is 81.5. The van der Waals surface area contributed by atoms with E-state index in [9.17, 15) is 31.9 Å². The zero-order valence-electron chi connectivity index (χ0n) is 18.8. The molecule has 0 spiro atoms. The van der Waals surface area contributed by atoms with Gasteiger partial charge in [-0.25, -0.2) is 31.8 Å². The van der Waals surface area contributed by atoms with Crippen LogP contribution in [0.25, 0.3) is 11.1 Å². The highest BCUT2D eigenvalue weighted by Gasteiger charge is 2.49. The minimum Gasteiger partial charge on any atom is -0.375 e. The normalized spacial score (nSPS) is 16.3. The van der Waals surface area contributed by atoms with Crippen LogP contribution in [-0.4, -0.2) is 52.6 Å². The van der Waals surface area contributed by atoms with E-state index >= 15 is 4.39 Å². The Hall–Kier alpha value is -2.28. The number of amides is 1. The van der Waals surface area contributed by atoms with Crippen LogP contribution >= 0.6 is 11.9 Å². The highest BCUT2D eigenvalue weighted by atomic mass is 32.2. The predicted octanol–water partition coefficient (Wildman–Crippen LogP) is 4.36. The number of carbonyl (C=O) groups is 1. The Labute approximate surface area is 203 Å². The van der Waals surface area contributed by atoms with E-state index in [0.717, 1.165) is 29.0 Å². The van der Waals surface area contributed by atoms with Gasteiger partial charge in [-0.15, -0.1) is 0 Å². The van der Waals surface area contributed by atoms with E-state index in [1.54, 1.807) is 0 Å². The molecule has 5 nitrogen and oxygen atoms in total. The molecule has 1 amide bonds. The Balaban J connectivity index is 1.82. The highest BCUT2D eigenvalue weighted by Crippen LogP contribution is 2.37. The largest absolute Gasteiger partial charge is 0.375 e. The van der Waals surface area contributed by atoms with Crippen molar-refractivity contribution in [1.82, 2.24) is 15.2 Å². The molecule has 3 rings (SSSR count). The second-order valence-corrected chi connectivity index (χ2v) is 9.33. The fraction of sp³-hybridized carbons (Fsp3) is 0.435. The smallest absolute Gasteiger partial charge is 0.275 e. The van der Waals surface area contributed by atoms with Crippen molar-refractivity contribution in [3.63, 3.8) is 0 Å². The van der Waals surface area contributed by atoms with Gasteiger partial charge in [0.25, 0.3) is 12.3 Å². The van der Waals surface area contributed by atoms with Crippen molar-refractivity contribution in [3.05, 3.63) is 59.4 Å². The molecular weight excluding hydrogens is 496 g/mol. The molecule has 0 radical (unpaired) electrons. The molecule has 35 heavy (non-hydrogen) atoms. The Bertz CT molecular complexity index is 1030. The standard InChI is InChI=1S/C23H25F6N3O2S/c1-22(34,20(28)29)21(33)32(12-23(6-7-23)30-31-35-13-24)8-5-14-3-2-4-18(19(14)27)15-9-16(25)11-17(26)10-15/h2-4,9-11,20,30-31,34H,5-8,12-13H2,1H3. The molecule has 1 saturated carbocycles. The molecule has 2 aromatic rings. The van der Waals surface area contributed by atoms with Crippen LogP contribution in [0.4, 0.5) is 26.3 Å². The lowest BCUT2D eigenvalue weighted by Crippen LogP contribution is -2.56. The van der Waals surface area contributed by atoms with Crippen molar-refractivity contribution >= 4 is 17.9 Å². The van der Waals surface area contributed by atoms with Crippen LogP contribution in [0.5, 0.6) is 0 Å². The molecule has 1 aliphatic rings. The number of aliphatic hydroxyl groups is 1. The van der Waals surface area contributed by atoms with Crippen LogP contribution in [0.2, 0.25) is 0 Å². The van der Waals surface area contributed by atoms with E-state index in [-0.39, 0.29) is 36.2 Å². The van der Waals surface area contributed by atoms with Gasteiger partial charge in [0, 0.05) is 24.7 Å². The lowest BCUT2D eigenvalue weighted by atomic mass is 9.99. The van der Waals surface area contributed by atoms with E-state index in [1.165, 1.54) is 18.2 Å². The third kappa shape index (κ3) is 6.69. The number of nitrogens with one attached hydrogen (secondary N) is 2. The molecule has 2 aromatic carbocycles. The Morgan fingerprint density at radius 1 is 1.20 bits per heavy atom. The molecule has 3 N–H and O–H groups in total. The first-order valence-corrected chi connectivity index (χ1v) is 11.7. The summed E-state index contributed by atoms with van der Waals surface area (Å²) in [5.74, 6) is -3.76. The summed E-state index contributed by atoms with van der Waals surface area (Å²) >= 11 is 0.731. The van der Waals surface area contributed by atoms with Gasteiger partial charge in [0.1, 0.15) is 17.5 Å². The summed E-state index contributed by atoms with van der Waals surface area (Å²) in [6.07, 6.45) is -2.36. The van der Waals surface area contributed by atoms with Crippen molar-refractivity contribution in [2.24, 2.45) is 0 Å². The second-order valence-electron chi connectivity index (χ2n) is 8.62. The molecule has 1 unspecified atom stereocenters. The van der Waals surface area contributed by atoms with Gasteiger partial charge >= 0.3 is 0 Å². The number of alkyl halides is 3. The summed E-state index contributed by atoms with van der Waals surface area (Å²) in [7, 11) is 0. The summed E-state index contributed by atoms with van der Waals surface area (Å²) in [5, 5.41) is 10.1. The Morgan fingerprint density at radius 3 is 2.43 bits per heavy atom. The maximum atomic E-state index is 15.2. The first kappa shape index (κ1) is 27.3. The topological polar surface area (TPSA) is 64.6 Å². The van der Waals surface area contributed by atoms with Crippen molar-refractivity contribution < 1.29 is 36.2 Å². The van der Waals surface area contributed by atoms with Gasteiger partial charge in [-0.1, -0.05) is 18.2 Å². The molecule has 0 heterocycles. The van der Waals surface area contributed by atoms with Crippen molar-refractivity contribution in [2.75, 3.05) is 19.1 Å². The van der Waals surface area contributed by atoms with Gasteiger partial charge in [0.2, 0.25) is 5.60 Å². The zero-order valence-corrected chi connectivity index (χ0v) is 19.6. The average molecular weight is 522 g/mol. The monoisotopic (exact) mass is 521 g/mol. The summed E-state index contributed by atoms with van der Waals surface area (Å²) in [6, 6.07) is 6.11. The van der Waals surface area contributed by atoms with Crippen LogP contribution < -0.4 is 10.3 Å². The third-order valence-electron chi connectivity index (χ3n) is 5.84. The third-order valence-corrected chi connectivity index (χ3v) is 6.19. The van der Waals surface area contributed by atoms with E-state index in [1.807, 2.05) is 0 Å². The maximum absolute atomic E-state index is 15.2. The summed E-state index contributed by atoms with van der Waals surface area (Å²) in [4.78, 5) is 16.4. The maximum Gasteiger partial charge on any atom is 0.275 e. The van der Waals surface area contributed by atoms with Crippen molar-refractivity contribution in [1.29, 1.82) is 0 Å². The molecule has 12 heteroatoms. The number of nitrogens with zero attached hydrogens (tertiary/aromatic N) is 1. The highest BCUT2D eigenvalue weighted by molar-refractivity contribution is 7.97. The molecule has 1 fully saturated rings. The number of hydrogen-bond acceptors (Lipinski definition) is 5. The fourth-order valence-electron chi connectivity index (χ4n) is 3.64. The van der Waals surface area contributed by atoms with Crippen LogP contribution in [-0.2, 0) is 11.2 Å². The minimum absolute atomic E-state index is 0.0204. The Morgan fingerprint density at radius 2 is 1.86 bits per heavy atom. The molecule has 0 saturated heterocycles. The molecule has 1 aliphatic carbocycles. The molecule has 0 aliphatic heterocycles. The number of carbonyl (C=O) groups excluding carboxylic acids is 1.